The van der Waals surface area contributed by atoms with Gasteiger partial charge < -0.3 is 5.73 Å². The first kappa shape index (κ1) is 12.4. The second-order valence-corrected chi connectivity index (χ2v) is 4.73. The number of alkyl halides is 3. The molecule has 1 aromatic heterocycles. The van der Waals surface area contributed by atoms with Gasteiger partial charge in [-0.15, -0.1) is 0 Å². The Bertz CT molecular complexity index is 377. The average molecular weight is 244 g/mol. The zero-order chi connectivity index (χ0) is 12.5. The predicted octanol–water partition coefficient (Wildman–Crippen LogP) is 2.99. The molecule has 1 aliphatic carbocycles. The lowest BCUT2D eigenvalue weighted by Gasteiger charge is -2.38. The molecule has 2 unspecified atom stereocenters. The summed E-state index contributed by atoms with van der Waals surface area (Å²) in [5.41, 5.74) is 5.95. The van der Waals surface area contributed by atoms with Crippen LogP contribution in [0, 0.1) is 5.92 Å². The van der Waals surface area contributed by atoms with Crippen molar-refractivity contribution in [3.63, 3.8) is 0 Å². The molecular formula is C12H15F3N2. The van der Waals surface area contributed by atoms with Crippen molar-refractivity contribution in [2.75, 3.05) is 0 Å². The van der Waals surface area contributed by atoms with E-state index in [1.165, 1.54) is 0 Å². The van der Waals surface area contributed by atoms with Crippen LogP contribution in [-0.4, -0.2) is 11.2 Å². The highest BCUT2D eigenvalue weighted by Crippen LogP contribution is 2.44. The van der Waals surface area contributed by atoms with E-state index in [1.807, 2.05) is 0 Å². The number of nitrogens with two attached hydrogens (primary N) is 1. The molecule has 1 aromatic rings. The van der Waals surface area contributed by atoms with Crippen LogP contribution < -0.4 is 5.73 Å². The van der Waals surface area contributed by atoms with E-state index in [9.17, 15) is 13.2 Å². The normalized spacial score (nSPS) is 30.2. The van der Waals surface area contributed by atoms with E-state index in [4.69, 9.17) is 5.73 Å². The first-order valence-electron chi connectivity index (χ1n) is 5.68. The summed E-state index contributed by atoms with van der Waals surface area (Å²) in [4.78, 5) is 3.93. The van der Waals surface area contributed by atoms with Crippen molar-refractivity contribution in [1.29, 1.82) is 0 Å². The van der Waals surface area contributed by atoms with Gasteiger partial charge >= 0.3 is 6.18 Å². The highest BCUT2D eigenvalue weighted by atomic mass is 19.4. The van der Waals surface area contributed by atoms with E-state index in [0.717, 1.165) is 0 Å². The molecule has 2 nitrogen and oxygen atoms in total. The molecule has 1 aliphatic rings. The van der Waals surface area contributed by atoms with E-state index < -0.39 is 17.6 Å². The van der Waals surface area contributed by atoms with Crippen molar-refractivity contribution in [1.82, 2.24) is 4.98 Å². The molecule has 1 heterocycles. The summed E-state index contributed by atoms with van der Waals surface area (Å²) in [7, 11) is 0. The lowest BCUT2D eigenvalue weighted by Crippen LogP contribution is -2.44. The van der Waals surface area contributed by atoms with Gasteiger partial charge in [-0.2, -0.15) is 13.2 Å². The maximum absolute atomic E-state index is 12.7. The minimum atomic E-state index is -4.15. The van der Waals surface area contributed by atoms with Gasteiger partial charge in [-0.05, 0) is 30.9 Å². The van der Waals surface area contributed by atoms with E-state index in [0.29, 0.717) is 18.4 Å². The molecule has 17 heavy (non-hydrogen) atoms. The van der Waals surface area contributed by atoms with E-state index >= 15 is 0 Å². The average Bonchev–Trinajstić information content (AvgIpc) is 2.29. The number of aromatic nitrogens is 1. The summed E-state index contributed by atoms with van der Waals surface area (Å²) in [5, 5.41) is 0. The maximum Gasteiger partial charge on any atom is 0.391 e. The van der Waals surface area contributed by atoms with E-state index in [2.05, 4.69) is 4.98 Å². The molecule has 0 amide bonds. The van der Waals surface area contributed by atoms with Crippen molar-refractivity contribution in [2.24, 2.45) is 11.7 Å². The van der Waals surface area contributed by atoms with E-state index in [-0.39, 0.29) is 12.8 Å². The van der Waals surface area contributed by atoms with Gasteiger partial charge in [0.1, 0.15) is 0 Å². The van der Waals surface area contributed by atoms with Crippen LogP contribution in [0.15, 0.2) is 24.5 Å². The molecule has 94 valence electrons. The van der Waals surface area contributed by atoms with Crippen molar-refractivity contribution < 1.29 is 13.2 Å². The Labute approximate surface area is 98.0 Å². The Balaban J connectivity index is 2.21. The van der Waals surface area contributed by atoms with Gasteiger partial charge in [-0.25, -0.2) is 0 Å². The van der Waals surface area contributed by atoms with Crippen molar-refractivity contribution >= 4 is 0 Å². The third-order valence-electron chi connectivity index (χ3n) is 3.49. The molecule has 2 N–H and O–H groups in total. The van der Waals surface area contributed by atoms with Gasteiger partial charge in [0, 0.05) is 17.9 Å². The van der Waals surface area contributed by atoms with Gasteiger partial charge in [-0.3, -0.25) is 4.98 Å². The second kappa shape index (κ2) is 4.29. The molecule has 1 fully saturated rings. The standard InChI is InChI=1S/C12H15F3N2/c13-12(14,15)9-3-1-5-11(16,7-9)10-4-2-6-17-8-10/h2,4,6,8-9H,1,3,5,7,16H2. The van der Waals surface area contributed by atoms with Crippen molar-refractivity contribution in [3.05, 3.63) is 30.1 Å². The zero-order valence-electron chi connectivity index (χ0n) is 9.37. The molecule has 2 atom stereocenters. The molecule has 0 aliphatic heterocycles. The smallest absolute Gasteiger partial charge is 0.321 e. The largest absolute Gasteiger partial charge is 0.391 e. The summed E-state index contributed by atoms with van der Waals surface area (Å²) in [6.07, 6.45) is 0.259. The fourth-order valence-electron chi connectivity index (χ4n) is 2.51. The molecular weight excluding hydrogens is 229 g/mol. The third kappa shape index (κ3) is 2.60. The molecule has 2 rings (SSSR count). The van der Waals surface area contributed by atoms with Crippen molar-refractivity contribution in [3.8, 4) is 0 Å². The Kier molecular flexibility index (Phi) is 3.12. The van der Waals surface area contributed by atoms with Crippen LogP contribution in [-0.2, 0) is 5.54 Å². The summed E-state index contributed by atoms with van der Waals surface area (Å²) >= 11 is 0. The summed E-state index contributed by atoms with van der Waals surface area (Å²) in [6, 6.07) is 3.47. The lowest BCUT2D eigenvalue weighted by atomic mass is 9.73. The Hall–Kier alpha value is -1.10. The number of hydrogen-bond donors (Lipinski definition) is 1. The molecule has 0 saturated heterocycles. The quantitative estimate of drug-likeness (QED) is 0.824. The van der Waals surface area contributed by atoms with Gasteiger partial charge in [-0.1, -0.05) is 12.5 Å². The maximum atomic E-state index is 12.7. The van der Waals surface area contributed by atoms with Crippen LogP contribution >= 0.6 is 0 Å². The van der Waals surface area contributed by atoms with Crippen LogP contribution in [0.4, 0.5) is 13.2 Å². The lowest BCUT2D eigenvalue weighted by molar-refractivity contribution is -0.187. The fraction of sp³-hybridized carbons (Fsp3) is 0.583. The molecule has 0 spiro atoms. The number of halogens is 3. The van der Waals surface area contributed by atoms with Gasteiger partial charge in [0.15, 0.2) is 0 Å². The predicted molar refractivity (Wildman–Crippen MR) is 58.1 cm³/mol. The molecule has 0 radical (unpaired) electrons. The van der Waals surface area contributed by atoms with Crippen LogP contribution in [0.25, 0.3) is 0 Å². The van der Waals surface area contributed by atoms with Gasteiger partial charge in [0.2, 0.25) is 0 Å². The Morgan fingerprint density at radius 3 is 2.76 bits per heavy atom. The minimum absolute atomic E-state index is 0.0395. The Morgan fingerprint density at radius 2 is 2.18 bits per heavy atom. The summed E-state index contributed by atoms with van der Waals surface area (Å²) in [5.74, 6) is -1.29. The number of pyridine rings is 1. The highest BCUT2D eigenvalue weighted by molar-refractivity contribution is 5.21. The van der Waals surface area contributed by atoms with Crippen LogP contribution in [0.5, 0.6) is 0 Å². The Morgan fingerprint density at radius 1 is 1.41 bits per heavy atom. The number of nitrogens with zero attached hydrogens (tertiary/aromatic N) is 1. The van der Waals surface area contributed by atoms with Gasteiger partial charge in [0.25, 0.3) is 0 Å². The monoisotopic (exact) mass is 244 g/mol. The number of rotatable bonds is 1. The molecule has 1 saturated carbocycles. The van der Waals surface area contributed by atoms with E-state index in [1.54, 1.807) is 24.5 Å². The highest BCUT2D eigenvalue weighted by Gasteiger charge is 2.46. The third-order valence-corrected chi connectivity index (χ3v) is 3.49. The first-order valence-corrected chi connectivity index (χ1v) is 5.68. The van der Waals surface area contributed by atoms with Crippen LogP contribution in [0.2, 0.25) is 0 Å². The molecule has 5 heteroatoms. The molecule has 0 bridgehead atoms. The summed E-state index contributed by atoms with van der Waals surface area (Å²) in [6.45, 7) is 0. The zero-order valence-corrected chi connectivity index (χ0v) is 9.37. The van der Waals surface area contributed by atoms with Crippen LogP contribution in [0.1, 0.15) is 31.2 Å². The minimum Gasteiger partial charge on any atom is -0.321 e. The number of hydrogen-bond acceptors (Lipinski definition) is 2. The second-order valence-electron chi connectivity index (χ2n) is 4.73. The first-order chi connectivity index (χ1) is 7.92. The van der Waals surface area contributed by atoms with Crippen molar-refractivity contribution in [2.45, 2.75) is 37.4 Å². The SMILES string of the molecule is NC1(c2cccnc2)CCCC(C(F)(F)F)C1. The topological polar surface area (TPSA) is 38.9 Å². The van der Waals surface area contributed by atoms with Gasteiger partial charge in [0.05, 0.1) is 5.92 Å². The summed E-state index contributed by atoms with van der Waals surface area (Å²) < 4.78 is 38.2. The molecule has 0 aromatic carbocycles. The van der Waals surface area contributed by atoms with Crippen LogP contribution in [0.3, 0.4) is 0 Å². The fourth-order valence-corrected chi connectivity index (χ4v) is 2.51.